The van der Waals surface area contributed by atoms with Crippen LogP contribution in [-0.2, 0) is 0 Å². The van der Waals surface area contributed by atoms with Crippen molar-refractivity contribution in [2.45, 2.75) is 0 Å². The number of hydrogen-bond acceptors (Lipinski definition) is 8. The third-order valence-electron chi connectivity index (χ3n) is 22.5. The summed E-state index contributed by atoms with van der Waals surface area (Å²) in [5.74, 6) is 0. The summed E-state index contributed by atoms with van der Waals surface area (Å²) in [7, 11) is 0. The average Bonchev–Trinajstić information content (AvgIpc) is 0.731. The summed E-state index contributed by atoms with van der Waals surface area (Å²) in [6.45, 7) is 0. The fourth-order valence-corrected chi connectivity index (χ4v) is 17.0. The Morgan fingerprint density at radius 3 is 0.807 bits per heavy atom. The van der Waals surface area contributed by atoms with Crippen LogP contribution >= 0.6 is 0 Å². The first kappa shape index (κ1) is 65.7. The molecule has 0 saturated carbocycles. The van der Waals surface area contributed by atoms with Crippen molar-refractivity contribution in [3.8, 4) is 101 Å². The molecule has 0 aliphatic heterocycles. The normalized spacial score (nSPS) is 11.7. The molecule has 0 spiro atoms. The number of pyridine rings is 8. The highest BCUT2D eigenvalue weighted by atomic mass is 14.8. The molecule has 0 bridgehead atoms. The average molecular weight is 1450 g/mol. The van der Waals surface area contributed by atoms with E-state index in [0.717, 1.165) is 220 Å². The van der Waals surface area contributed by atoms with E-state index in [0.29, 0.717) is 0 Å². The lowest BCUT2D eigenvalue weighted by molar-refractivity contribution is 1.38. The number of fused-ring (bicyclic) bond motifs is 14. The van der Waals surface area contributed by atoms with Gasteiger partial charge in [0.2, 0.25) is 0 Å². The highest BCUT2D eigenvalue weighted by Gasteiger charge is 2.23. The van der Waals surface area contributed by atoms with Gasteiger partial charge in [-0.05, 0) is 161 Å². The first-order valence-corrected chi connectivity index (χ1v) is 38.5. The SMILES string of the molecule is c1ccc(-c2ccc(-c3ccc4cc(-c5ccc6ccc(-c7c8ccccc8c(-c8ccc9ccc%10cccnc%10c9n8)c8ccccc78)nc6c5)ccc4n3)cc2)cc1.c1ccc(-c2ccc3cc(-c4ccc5ccc(-c6c7ccccc7c(-c7ccc8ccc9cccnc9c8n7)c7ccccc67)nc5c4)ccc3n2)cc1. The maximum atomic E-state index is 5.41. The fraction of sp³-hybridized carbons (Fsp3) is 0. The minimum absolute atomic E-state index is 0.909. The Kier molecular flexibility index (Phi) is 15.7. The summed E-state index contributed by atoms with van der Waals surface area (Å²) in [4.78, 5) is 40.9. The summed E-state index contributed by atoms with van der Waals surface area (Å²) in [5.41, 5.74) is 26.8. The molecule has 0 radical (unpaired) electrons. The van der Waals surface area contributed by atoms with Crippen LogP contribution in [0, 0.1) is 0 Å². The van der Waals surface area contributed by atoms with Crippen molar-refractivity contribution in [2.24, 2.45) is 0 Å². The van der Waals surface area contributed by atoms with Crippen molar-refractivity contribution >= 4 is 130 Å². The Balaban J connectivity index is 0.000000140. The quantitative estimate of drug-likeness (QED) is 0.104. The van der Waals surface area contributed by atoms with Crippen LogP contribution in [0.5, 0.6) is 0 Å². The van der Waals surface area contributed by atoms with Gasteiger partial charge in [0, 0.05) is 88.9 Å². The minimum atomic E-state index is 0.909. The first-order valence-electron chi connectivity index (χ1n) is 38.5. The second kappa shape index (κ2) is 27.3. The molecule has 0 N–H and O–H groups in total. The predicted octanol–water partition coefficient (Wildman–Crippen LogP) is 27.4. The number of rotatable bonds is 9. The van der Waals surface area contributed by atoms with Gasteiger partial charge in [-0.2, -0.15) is 0 Å². The van der Waals surface area contributed by atoms with Gasteiger partial charge in [-0.25, -0.2) is 29.9 Å². The Bertz CT molecular complexity index is 7750. The van der Waals surface area contributed by atoms with E-state index in [4.69, 9.17) is 39.9 Å². The zero-order valence-electron chi connectivity index (χ0n) is 61.5. The van der Waals surface area contributed by atoms with Crippen LogP contribution in [0.25, 0.3) is 231 Å². The molecule has 528 valence electrons. The molecule has 0 aliphatic carbocycles. The van der Waals surface area contributed by atoms with Crippen molar-refractivity contribution in [1.82, 2.24) is 39.9 Å². The fourth-order valence-electron chi connectivity index (χ4n) is 17.0. The van der Waals surface area contributed by atoms with Crippen LogP contribution in [0.1, 0.15) is 0 Å². The van der Waals surface area contributed by atoms with E-state index in [2.05, 4.69) is 340 Å². The van der Waals surface area contributed by atoms with Crippen LogP contribution in [0.3, 0.4) is 0 Å². The number of benzene rings is 15. The van der Waals surface area contributed by atoms with Gasteiger partial charge >= 0.3 is 0 Å². The minimum Gasteiger partial charge on any atom is -0.254 e. The van der Waals surface area contributed by atoms with Gasteiger partial charge in [-0.3, -0.25) is 9.97 Å². The molecule has 8 heteroatoms. The maximum Gasteiger partial charge on any atom is 0.0972 e. The largest absolute Gasteiger partial charge is 0.254 e. The Morgan fingerprint density at radius 1 is 0.140 bits per heavy atom. The zero-order chi connectivity index (χ0) is 75.2. The van der Waals surface area contributed by atoms with Crippen molar-refractivity contribution in [3.63, 3.8) is 0 Å². The van der Waals surface area contributed by atoms with Crippen LogP contribution in [0.15, 0.2) is 389 Å². The number of aromatic nitrogens is 8. The van der Waals surface area contributed by atoms with E-state index in [1.165, 1.54) is 11.1 Å². The lowest BCUT2D eigenvalue weighted by Gasteiger charge is -2.17. The molecule has 8 nitrogen and oxygen atoms in total. The van der Waals surface area contributed by atoms with Gasteiger partial charge in [-0.1, -0.05) is 291 Å². The van der Waals surface area contributed by atoms with Crippen molar-refractivity contribution < 1.29 is 0 Å². The molecule has 15 aromatic carbocycles. The molecule has 8 aromatic heterocycles. The monoisotopic (exact) mass is 1450 g/mol. The highest BCUT2D eigenvalue weighted by Crippen LogP contribution is 2.47. The molecular formula is C106H64N8. The van der Waals surface area contributed by atoms with Gasteiger partial charge in [0.1, 0.15) is 0 Å². The zero-order valence-corrected chi connectivity index (χ0v) is 61.5. The predicted molar refractivity (Wildman–Crippen MR) is 474 cm³/mol. The lowest BCUT2D eigenvalue weighted by Crippen LogP contribution is -1.95. The molecule has 0 saturated heterocycles. The van der Waals surface area contributed by atoms with Crippen molar-refractivity contribution in [2.75, 3.05) is 0 Å². The topological polar surface area (TPSA) is 103 Å². The summed E-state index contributed by atoms with van der Waals surface area (Å²) in [6, 6.07) is 133. The van der Waals surface area contributed by atoms with Gasteiger partial charge in [-0.15, -0.1) is 0 Å². The third kappa shape index (κ3) is 11.5. The van der Waals surface area contributed by atoms with Gasteiger partial charge in [0.15, 0.2) is 0 Å². The van der Waals surface area contributed by atoms with E-state index in [1.54, 1.807) is 0 Å². The third-order valence-corrected chi connectivity index (χ3v) is 22.5. The highest BCUT2D eigenvalue weighted by molar-refractivity contribution is 6.23. The van der Waals surface area contributed by atoms with E-state index < -0.39 is 0 Å². The van der Waals surface area contributed by atoms with Crippen molar-refractivity contribution in [3.05, 3.63) is 389 Å². The van der Waals surface area contributed by atoms with E-state index in [9.17, 15) is 0 Å². The van der Waals surface area contributed by atoms with Crippen LogP contribution in [0.4, 0.5) is 0 Å². The smallest absolute Gasteiger partial charge is 0.0972 e. The van der Waals surface area contributed by atoms with E-state index in [1.807, 2.05) is 48.8 Å². The van der Waals surface area contributed by atoms with Gasteiger partial charge in [0.05, 0.1) is 78.3 Å². The summed E-state index contributed by atoms with van der Waals surface area (Å²) < 4.78 is 0. The molecule has 23 rings (SSSR count). The molecule has 114 heavy (non-hydrogen) atoms. The first-order chi connectivity index (χ1) is 56.5. The van der Waals surface area contributed by atoms with Crippen LogP contribution < -0.4 is 0 Å². The van der Waals surface area contributed by atoms with Crippen LogP contribution in [-0.4, -0.2) is 39.9 Å². The van der Waals surface area contributed by atoms with E-state index in [-0.39, 0.29) is 0 Å². The van der Waals surface area contributed by atoms with Gasteiger partial charge < -0.3 is 0 Å². The maximum absolute atomic E-state index is 5.41. The molecule has 0 atom stereocenters. The van der Waals surface area contributed by atoms with E-state index >= 15 is 0 Å². The number of nitrogens with zero attached hydrogens (tertiary/aromatic N) is 8. The molecule has 0 fully saturated rings. The summed E-state index contributed by atoms with van der Waals surface area (Å²) >= 11 is 0. The summed E-state index contributed by atoms with van der Waals surface area (Å²) in [6.07, 6.45) is 3.69. The number of hydrogen-bond donors (Lipinski definition) is 0. The molecule has 0 unspecified atom stereocenters. The Labute approximate surface area is 655 Å². The lowest BCUT2D eigenvalue weighted by atomic mass is 9.88. The molecule has 23 aromatic rings. The van der Waals surface area contributed by atoms with Gasteiger partial charge in [0.25, 0.3) is 0 Å². The van der Waals surface area contributed by atoms with Crippen LogP contribution in [0.2, 0.25) is 0 Å². The molecular weight excluding hydrogens is 1390 g/mol. The molecule has 8 heterocycles. The Hall–Kier alpha value is -15.4. The Morgan fingerprint density at radius 2 is 0.404 bits per heavy atom. The molecule has 0 aliphatic rings. The standard InChI is InChI=1S/C56H34N4.C50H30N4/c1-2-9-35(10-3-1)36-16-18-37(19-17-36)48-29-27-43-33-41(26-28-49(43)58-48)42-23-20-38-24-30-50(59-52(38)34-42)53-44-12-4-6-14-46(44)54(47-15-7-5-13-45(47)53)51-31-25-40-22-21-39-11-8-32-57-55(39)56(40)60-51;1-2-9-31(10-3-1)42-25-23-37-29-35(22-24-43(37)52-42)36-19-16-32-20-26-44(53-46(32)30-36)47-38-12-4-6-14-40(38)48(41-15-7-5-13-39(41)47)45-27-21-34-18-17-33-11-8-28-51-49(33)50(34)54-45/h1-34H;1-30H. The second-order valence-corrected chi connectivity index (χ2v) is 29.2. The molecule has 0 amide bonds. The summed E-state index contributed by atoms with van der Waals surface area (Å²) in [5, 5.41) is 17.8. The van der Waals surface area contributed by atoms with Crippen molar-refractivity contribution in [1.29, 1.82) is 0 Å². The second-order valence-electron chi connectivity index (χ2n) is 29.2.